The number of hydrogen-bond acceptors (Lipinski definition) is 3. The highest BCUT2D eigenvalue weighted by Crippen LogP contribution is 2.10. The van der Waals surface area contributed by atoms with Crippen LogP contribution in [0.4, 0.5) is 0 Å². The third kappa shape index (κ3) is 7.91. The molecule has 0 aliphatic carbocycles. The van der Waals surface area contributed by atoms with Crippen molar-refractivity contribution in [2.24, 2.45) is 5.73 Å². The minimum atomic E-state index is 0.466. The van der Waals surface area contributed by atoms with Gasteiger partial charge in [-0.1, -0.05) is 20.3 Å². The minimum absolute atomic E-state index is 0.466. The van der Waals surface area contributed by atoms with Crippen LogP contribution in [-0.2, 0) is 0 Å². The Labute approximate surface area is 120 Å². The molecule has 114 valence electrons. The van der Waals surface area contributed by atoms with Crippen molar-refractivity contribution < 1.29 is 0 Å². The second-order valence-corrected chi connectivity index (χ2v) is 6.08. The Balaban J connectivity index is 1.97. The molecule has 3 nitrogen and oxygen atoms in total. The molecule has 1 fully saturated rings. The van der Waals surface area contributed by atoms with Crippen molar-refractivity contribution in [3.05, 3.63) is 0 Å². The molecule has 0 amide bonds. The van der Waals surface area contributed by atoms with Gasteiger partial charge in [0.25, 0.3) is 0 Å². The molecule has 0 radical (unpaired) electrons. The first kappa shape index (κ1) is 16.9. The maximum Gasteiger partial charge on any atom is 0.00631 e. The van der Waals surface area contributed by atoms with Crippen LogP contribution < -0.4 is 5.73 Å². The van der Waals surface area contributed by atoms with E-state index in [1.807, 2.05) is 0 Å². The van der Waals surface area contributed by atoms with E-state index < -0.39 is 0 Å². The molecular formula is C16H35N3. The largest absolute Gasteiger partial charge is 0.328 e. The summed E-state index contributed by atoms with van der Waals surface area (Å²) >= 11 is 0. The highest BCUT2D eigenvalue weighted by atomic mass is 15.1. The molecule has 1 rings (SSSR count). The number of likely N-dealkylation sites (tertiary alicyclic amines) is 1. The third-order valence-electron chi connectivity index (χ3n) is 4.16. The zero-order chi connectivity index (χ0) is 13.9. The first-order chi connectivity index (χ1) is 9.26. The predicted octanol–water partition coefficient (Wildman–Crippen LogP) is 2.70. The van der Waals surface area contributed by atoms with E-state index in [0.717, 1.165) is 0 Å². The third-order valence-corrected chi connectivity index (χ3v) is 4.16. The van der Waals surface area contributed by atoms with Crippen LogP contribution in [0.1, 0.15) is 58.8 Å². The van der Waals surface area contributed by atoms with Gasteiger partial charge in [0.2, 0.25) is 0 Å². The van der Waals surface area contributed by atoms with Crippen molar-refractivity contribution in [2.75, 3.05) is 39.3 Å². The van der Waals surface area contributed by atoms with Gasteiger partial charge in [0.05, 0.1) is 0 Å². The lowest BCUT2D eigenvalue weighted by molar-refractivity contribution is 0.206. The molecule has 0 atom stereocenters. The van der Waals surface area contributed by atoms with E-state index in [4.69, 9.17) is 5.73 Å². The standard InChI is InChI=1S/C16H35N3/c1-3-10-18(11-4-2)12-6-5-7-13-19-14-8-16(17)9-15-19/h16H,3-15,17H2,1-2H3. The highest BCUT2D eigenvalue weighted by Gasteiger charge is 2.14. The molecule has 2 N–H and O–H groups in total. The number of piperidine rings is 1. The Kier molecular flexibility index (Phi) is 9.48. The van der Waals surface area contributed by atoms with Gasteiger partial charge in [-0.15, -0.1) is 0 Å². The fourth-order valence-electron chi connectivity index (χ4n) is 2.99. The lowest BCUT2D eigenvalue weighted by Crippen LogP contribution is -2.40. The van der Waals surface area contributed by atoms with E-state index in [1.165, 1.54) is 84.2 Å². The first-order valence-corrected chi connectivity index (χ1v) is 8.46. The molecule has 1 aliphatic rings. The smallest absolute Gasteiger partial charge is 0.00631 e. The lowest BCUT2D eigenvalue weighted by Gasteiger charge is -2.30. The fourth-order valence-corrected chi connectivity index (χ4v) is 2.99. The molecule has 0 spiro atoms. The van der Waals surface area contributed by atoms with Gasteiger partial charge < -0.3 is 15.5 Å². The number of nitrogens with zero attached hydrogens (tertiary/aromatic N) is 2. The normalized spacial score (nSPS) is 18.3. The predicted molar refractivity (Wildman–Crippen MR) is 84.5 cm³/mol. The summed E-state index contributed by atoms with van der Waals surface area (Å²) < 4.78 is 0. The average Bonchev–Trinajstić information content (AvgIpc) is 2.41. The van der Waals surface area contributed by atoms with Crippen molar-refractivity contribution in [1.82, 2.24) is 9.80 Å². The second-order valence-electron chi connectivity index (χ2n) is 6.08. The summed E-state index contributed by atoms with van der Waals surface area (Å²) in [5.74, 6) is 0. The van der Waals surface area contributed by atoms with Crippen molar-refractivity contribution in [3.63, 3.8) is 0 Å². The van der Waals surface area contributed by atoms with Crippen molar-refractivity contribution in [2.45, 2.75) is 64.8 Å². The van der Waals surface area contributed by atoms with E-state index in [1.54, 1.807) is 0 Å². The fraction of sp³-hybridized carbons (Fsp3) is 1.00. The van der Waals surface area contributed by atoms with Gasteiger partial charge in [0, 0.05) is 6.04 Å². The van der Waals surface area contributed by atoms with Crippen molar-refractivity contribution in [3.8, 4) is 0 Å². The molecular weight excluding hydrogens is 234 g/mol. The zero-order valence-electron chi connectivity index (χ0n) is 13.2. The summed E-state index contributed by atoms with van der Waals surface area (Å²) in [6.07, 6.45) is 9.07. The molecule has 0 aromatic carbocycles. The van der Waals surface area contributed by atoms with Gasteiger partial charge in [0.15, 0.2) is 0 Å². The van der Waals surface area contributed by atoms with Gasteiger partial charge in [-0.25, -0.2) is 0 Å². The van der Waals surface area contributed by atoms with Crippen LogP contribution >= 0.6 is 0 Å². The van der Waals surface area contributed by atoms with Crippen LogP contribution in [0.25, 0.3) is 0 Å². The maximum atomic E-state index is 5.93. The van der Waals surface area contributed by atoms with Crippen molar-refractivity contribution in [1.29, 1.82) is 0 Å². The molecule has 0 unspecified atom stereocenters. The Morgan fingerprint density at radius 2 is 1.58 bits per heavy atom. The van der Waals surface area contributed by atoms with E-state index in [2.05, 4.69) is 23.6 Å². The molecule has 1 saturated heterocycles. The van der Waals surface area contributed by atoms with Gasteiger partial charge in [0.1, 0.15) is 0 Å². The number of unbranched alkanes of at least 4 members (excludes halogenated alkanes) is 2. The van der Waals surface area contributed by atoms with Crippen LogP contribution in [0, 0.1) is 0 Å². The average molecular weight is 269 g/mol. The van der Waals surface area contributed by atoms with E-state index in [-0.39, 0.29) is 0 Å². The van der Waals surface area contributed by atoms with E-state index in [9.17, 15) is 0 Å². The molecule has 3 heteroatoms. The SMILES string of the molecule is CCCN(CCC)CCCCCN1CCC(N)CC1. The Bertz CT molecular complexity index is 194. The summed E-state index contributed by atoms with van der Waals surface area (Å²) in [5.41, 5.74) is 5.93. The first-order valence-electron chi connectivity index (χ1n) is 8.46. The summed E-state index contributed by atoms with van der Waals surface area (Å²) in [6.45, 7) is 12.1. The van der Waals surface area contributed by atoms with Crippen LogP contribution in [0.5, 0.6) is 0 Å². The van der Waals surface area contributed by atoms with Gasteiger partial charge in [-0.05, 0) is 77.8 Å². The van der Waals surface area contributed by atoms with Gasteiger partial charge in [-0.2, -0.15) is 0 Å². The molecule has 0 saturated carbocycles. The van der Waals surface area contributed by atoms with E-state index in [0.29, 0.717) is 6.04 Å². The van der Waals surface area contributed by atoms with Gasteiger partial charge >= 0.3 is 0 Å². The summed E-state index contributed by atoms with van der Waals surface area (Å²) in [6, 6.07) is 0.466. The number of rotatable bonds is 10. The lowest BCUT2D eigenvalue weighted by atomic mass is 10.1. The minimum Gasteiger partial charge on any atom is -0.328 e. The maximum absolute atomic E-state index is 5.93. The Morgan fingerprint density at radius 3 is 2.16 bits per heavy atom. The topological polar surface area (TPSA) is 32.5 Å². The molecule has 1 heterocycles. The summed E-state index contributed by atoms with van der Waals surface area (Å²) in [5, 5.41) is 0. The molecule has 19 heavy (non-hydrogen) atoms. The van der Waals surface area contributed by atoms with Crippen LogP contribution in [-0.4, -0.2) is 55.1 Å². The summed E-state index contributed by atoms with van der Waals surface area (Å²) in [7, 11) is 0. The number of hydrogen-bond donors (Lipinski definition) is 1. The second kappa shape index (κ2) is 10.6. The Morgan fingerprint density at radius 1 is 0.947 bits per heavy atom. The van der Waals surface area contributed by atoms with Gasteiger partial charge in [-0.3, -0.25) is 0 Å². The quantitative estimate of drug-likeness (QED) is 0.619. The monoisotopic (exact) mass is 269 g/mol. The zero-order valence-corrected chi connectivity index (χ0v) is 13.2. The number of nitrogens with two attached hydrogens (primary N) is 1. The van der Waals surface area contributed by atoms with Crippen LogP contribution in [0.2, 0.25) is 0 Å². The Hall–Kier alpha value is -0.120. The van der Waals surface area contributed by atoms with Crippen molar-refractivity contribution >= 4 is 0 Å². The van der Waals surface area contributed by atoms with E-state index >= 15 is 0 Å². The molecule has 0 aromatic heterocycles. The highest BCUT2D eigenvalue weighted by molar-refractivity contribution is 4.73. The molecule has 1 aliphatic heterocycles. The van der Waals surface area contributed by atoms with Crippen LogP contribution in [0.15, 0.2) is 0 Å². The van der Waals surface area contributed by atoms with Crippen LogP contribution in [0.3, 0.4) is 0 Å². The summed E-state index contributed by atoms with van der Waals surface area (Å²) in [4.78, 5) is 5.22. The molecule has 0 bridgehead atoms. The molecule has 0 aromatic rings.